The van der Waals surface area contributed by atoms with Crippen molar-refractivity contribution in [2.45, 2.75) is 23.8 Å². The third-order valence-electron chi connectivity index (χ3n) is 5.30. The van der Waals surface area contributed by atoms with Crippen LogP contribution < -0.4 is 10.1 Å². The minimum Gasteiger partial charge on any atom is -0.503 e. The van der Waals surface area contributed by atoms with E-state index in [-0.39, 0.29) is 23.7 Å². The average Bonchev–Trinajstić information content (AvgIpc) is 2.81. The zero-order chi connectivity index (χ0) is 21.8. The molecule has 0 saturated heterocycles. The molecule has 2 amide bonds. The predicted molar refractivity (Wildman–Crippen MR) is 124 cm³/mol. The summed E-state index contributed by atoms with van der Waals surface area (Å²) in [4.78, 5) is 17.7. The molecule has 31 heavy (non-hydrogen) atoms. The second-order valence-electron chi connectivity index (χ2n) is 7.18. The summed E-state index contributed by atoms with van der Waals surface area (Å²) in [6.07, 6.45) is 1.90. The number of amides is 2. The number of ether oxygens (including phenoxy) is 1. The van der Waals surface area contributed by atoms with Crippen LogP contribution in [0.2, 0.25) is 0 Å². The van der Waals surface area contributed by atoms with E-state index in [4.69, 9.17) is 4.74 Å². The third-order valence-corrected chi connectivity index (χ3v) is 6.05. The summed E-state index contributed by atoms with van der Waals surface area (Å²) in [5.41, 5.74) is 3.53. The number of phenols is 1. The Balaban J connectivity index is 1.89. The molecule has 1 heterocycles. The molecule has 0 radical (unpaired) electrons. The van der Waals surface area contributed by atoms with E-state index in [1.165, 1.54) is 11.8 Å². The molecule has 2 atom stereocenters. The van der Waals surface area contributed by atoms with Crippen molar-refractivity contribution in [1.82, 2.24) is 5.32 Å². The normalized spacial score (nSPS) is 18.3. The number of urea groups is 1. The molecule has 0 bridgehead atoms. The zero-order valence-corrected chi connectivity index (χ0v) is 18.2. The maximum Gasteiger partial charge on any atom is 0.341 e. The minimum atomic E-state index is -0.382. The van der Waals surface area contributed by atoms with Gasteiger partial charge in [0.05, 0.1) is 29.2 Å². The molecule has 1 aliphatic rings. The highest BCUT2D eigenvalue weighted by molar-refractivity contribution is 7.98. The van der Waals surface area contributed by atoms with Gasteiger partial charge in [-0.1, -0.05) is 60.7 Å². The number of carbonyl (C=O) groups is 1. The largest absolute Gasteiger partial charge is 0.503 e. The number of phenolic OH excluding ortho intramolecular Hbond substituents is 1. The first-order chi connectivity index (χ1) is 15.1. The maximum atomic E-state index is 12.7. The SMILES string of the molecule is CCOc1cc(C2NC(=O)N=C(c3ccccc3)C2c2ccccc2)cc(SC)c1O. The highest BCUT2D eigenvalue weighted by Crippen LogP contribution is 2.43. The van der Waals surface area contributed by atoms with Gasteiger partial charge in [0, 0.05) is 0 Å². The van der Waals surface area contributed by atoms with Crippen LogP contribution in [0.4, 0.5) is 4.79 Å². The third kappa shape index (κ3) is 4.30. The van der Waals surface area contributed by atoms with Crippen molar-refractivity contribution in [3.05, 3.63) is 89.5 Å². The van der Waals surface area contributed by atoms with Crippen LogP contribution in [0.3, 0.4) is 0 Å². The van der Waals surface area contributed by atoms with Gasteiger partial charge in [0.1, 0.15) is 0 Å². The van der Waals surface area contributed by atoms with Crippen LogP contribution in [-0.2, 0) is 0 Å². The first kappa shape index (κ1) is 21.0. The number of thioether (sulfide) groups is 1. The van der Waals surface area contributed by atoms with Gasteiger partial charge in [-0.05, 0) is 42.0 Å². The van der Waals surface area contributed by atoms with Gasteiger partial charge in [-0.25, -0.2) is 4.79 Å². The summed E-state index contributed by atoms with van der Waals surface area (Å²) in [5, 5.41) is 13.6. The smallest absolute Gasteiger partial charge is 0.341 e. The number of rotatable bonds is 6. The number of hydrogen-bond donors (Lipinski definition) is 2. The van der Waals surface area contributed by atoms with Gasteiger partial charge in [0.25, 0.3) is 0 Å². The van der Waals surface area contributed by atoms with Crippen molar-refractivity contribution in [1.29, 1.82) is 0 Å². The Labute approximate surface area is 186 Å². The Morgan fingerprint density at radius 1 is 1.03 bits per heavy atom. The van der Waals surface area contributed by atoms with E-state index in [1.54, 1.807) is 0 Å². The Bertz CT molecular complexity index is 1100. The zero-order valence-electron chi connectivity index (χ0n) is 17.4. The van der Waals surface area contributed by atoms with Crippen molar-refractivity contribution in [3.8, 4) is 11.5 Å². The van der Waals surface area contributed by atoms with Crippen LogP contribution in [0, 0.1) is 0 Å². The number of aromatic hydroxyl groups is 1. The molecule has 1 aliphatic heterocycles. The minimum absolute atomic E-state index is 0.119. The van der Waals surface area contributed by atoms with Crippen molar-refractivity contribution < 1.29 is 14.6 Å². The van der Waals surface area contributed by atoms with Crippen molar-refractivity contribution in [2.24, 2.45) is 4.99 Å². The van der Waals surface area contributed by atoms with Gasteiger partial charge in [-0.3, -0.25) is 0 Å². The van der Waals surface area contributed by atoms with Crippen LogP contribution in [0.25, 0.3) is 0 Å². The average molecular weight is 433 g/mol. The number of carbonyl (C=O) groups excluding carboxylic acids is 1. The van der Waals surface area contributed by atoms with Crippen LogP contribution in [-0.4, -0.2) is 29.7 Å². The van der Waals surface area contributed by atoms with Crippen molar-refractivity contribution in [2.75, 3.05) is 12.9 Å². The van der Waals surface area contributed by atoms with E-state index in [1.807, 2.05) is 86.0 Å². The van der Waals surface area contributed by atoms with E-state index < -0.39 is 0 Å². The summed E-state index contributed by atoms with van der Waals surface area (Å²) >= 11 is 1.44. The van der Waals surface area contributed by atoms with Crippen LogP contribution in [0.5, 0.6) is 11.5 Å². The van der Waals surface area contributed by atoms with Crippen LogP contribution in [0.15, 0.2) is 82.7 Å². The van der Waals surface area contributed by atoms with Gasteiger partial charge in [-0.15, -0.1) is 11.8 Å². The van der Waals surface area contributed by atoms with E-state index in [9.17, 15) is 9.90 Å². The lowest BCUT2D eigenvalue weighted by atomic mass is 9.80. The first-order valence-electron chi connectivity index (χ1n) is 10.2. The molecule has 6 heteroatoms. The Morgan fingerprint density at radius 2 is 1.71 bits per heavy atom. The van der Waals surface area contributed by atoms with Crippen LogP contribution >= 0.6 is 11.8 Å². The van der Waals surface area contributed by atoms with Gasteiger partial charge in [0.2, 0.25) is 0 Å². The van der Waals surface area contributed by atoms with E-state index in [0.717, 1.165) is 22.4 Å². The Morgan fingerprint density at radius 3 is 2.35 bits per heavy atom. The summed E-state index contributed by atoms with van der Waals surface area (Å²) in [7, 11) is 0. The molecule has 2 unspecified atom stereocenters. The number of hydrogen-bond acceptors (Lipinski definition) is 4. The summed E-state index contributed by atoms with van der Waals surface area (Å²) in [6.45, 7) is 2.31. The fourth-order valence-corrected chi connectivity index (χ4v) is 4.48. The molecule has 0 aliphatic carbocycles. The first-order valence-corrected chi connectivity index (χ1v) is 11.4. The molecule has 3 aromatic carbocycles. The fourth-order valence-electron chi connectivity index (χ4n) is 3.93. The molecule has 158 valence electrons. The Hall–Kier alpha value is -3.25. The molecule has 0 fully saturated rings. The highest BCUT2D eigenvalue weighted by atomic mass is 32.2. The second kappa shape index (κ2) is 9.27. The number of nitrogens with zero attached hydrogens (tertiary/aromatic N) is 1. The molecule has 0 saturated carbocycles. The van der Waals surface area contributed by atoms with Gasteiger partial charge in [-0.2, -0.15) is 4.99 Å². The maximum absolute atomic E-state index is 12.7. The molecular weight excluding hydrogens is 408 g/mol. The Kier molecular flexibility index (Phi) is 6.28. The topological polar surface area (TPSA) is 70.9 Å². The quantitative estimate of drug-likeness (QED) is 0.501. The molecule has 3 aromatic rings. The molecule has 0 spiro atoms. The second-order valence-corrected chi connectivity index (χ2v) is 8.03. The summed E-state index contributed by atoms with van der Waals surface area (Å²) in [6, 6.07) is 22.8. The monoisotopic (exact) mass is 432 g/mol. The molecule has 0 aromatic heterocycles. The summed E-state index contributed by atoms with van der Waals surface area (Å²) < 4.78 is 5.68. The number of aliphatic imine (C=N–C) groups is 1. The van der Waals surface area contributed by atoms with E-state index >= 15 is 0 Å². The lowest BCUT2D eigenvalue weighted by molar-refractivity contribution is 0.243. The van der Waals surface area contributed by atoms with Gasteiger partial charge in [0.15, 0.2) is 11.5 Å². The standard InChI is InChI=1S/C25H24N2O3S/c1-3-30-19-14-18(15-20(31-2)24(19)28)23-21(16-10-6-4-7-11-16)22(26-25(29)27-23)17-12-8-5-9-13-17/h4-15,21,23,28H,3H2,1-2H3,(H,27,29). The van der Waals surface area contributed by atoms with E-state index in [0.29, 0.717) is 17.3 Å². The van der Waals surface area contributed by atoms with Crippen molar-refractivity contribution >= 4 is 23.5 Å². The predicted octanol–water partition coefficient (Wildman–Crippen LogP) is 5.55. The number of benzene rings is 3. The molecule has 5 nitrogen and oxygen atoms in total. The highest BCUT2D eigenvalue weighted by Gasteiger charge is 2.36. The number of nitrogens with one attached hydrogen (secondary N) is 1. The van der Waals surface area contributed by atoms with Gasteiger partial charge < -0.3 is 15.2 Å². The molecule has 2 N–H and O–H groups in total. The molecular formula is C25H24N2O3S. The van der Waals surface area contributed by atoms with Gasteiger partial charge >= 0.3 is 6.03 Å². The lowest BCUT2D eigenvalue weighted by Crippen LogP contribution is -2.40. The van der Waals surface area contributed by atoms with Crippen LogP contribution in [0.1, 0.15) is 35.6 Å². The van der Waals surface area contributed by atoms with E-state index in [2.05, 4.69) is 10.3 Å². The molecule has 4 rings (SSSR count). The lowest BCUT2D eigenvalue weighted by Gasteiger charge is -2.33. The van der Waals surface area contributed by atoms with Crippen molar-refractivity contribution in [3.63, 3.8) is 0 Å². The summed E-state index contributed by atoms with van der Waals surface area (Å²) in [5.74, 6) is 0.331. The fraction of sp³-hybridized carbons (Fsp3) is 0.200.